The first-order chi connectivity index (χ1) is 11.6. The van der Waals surface area contributed by atoms with Gasteiger partial charge < -0.3 is 14.6 Å². The van der Waals surface area contributed by atoms with Crippen molar-refractivity contribution in [3.8, 4) is 33.9 Å². The van der Waals surface area contributed by atoms with Crippen LogP contribution < -0.4 is 0 Å². The highest BCUT2D eigenvalue weighted by atomic mass is 19.1. The zero-order valence-corrected chi connectivity index (χ0v) is 12.5. The van der Waals surface area contributed by atoms with Crippen molar-refractivity contribution < 1.29 is 19.0 Å². The molecule has 0 aliphatic heterocycles. The van der Waals surface area contributed by atoms with Crippen LogP contribution in [0.4, 0.5) is 4.39 Å². The van der Waals surface area contributed by atoms with E-state index < -0.39 is 0 Å². The fourth-order valence-corrected chi connectivity index (χ4v) is 2.80. The van der Waals surface area contributed by atoms with E-state index in [0.717, 1.165) is 22.1 Å². The van der Waals surface area contributed by atoms with Gasteiger partial charge in [0.2, 0.25) is 0 Å². The molecule has 24 heavy (non-hydrogen) atoms. The van der Waals surface area contributed by atoms with E-state index >= 15 is 0 Å². The Morgan fingerprint density at radius 3 is 2.04 bits per heavy atom. The van der Waals surface area contributed by atoms with E-state index in [1.165, 1.54) is 12.1 Å². The minimum Gasteiger partial charge on any atom is -0.508 e. The van der Waals surface area contributed by atoms with Gasteiger partial charge in [0.05, 0.1) is 0 Å². The van der Waals surface area contributed by atoms with Crippen LogP contribution in [-0.4, -0.2) is 10.2 Å². The van der Waals surface area contributed by atoms with Crippen molar-refractivity contribution in [2.24, 2.45) is 0 Å². The Hall–Kier alpha value is -3.27. The van der Waals surface area contributed by atoms with Gasteiger partial charge in [0, 0.05) is 22.6 Å². The lowest BCUT2D eigenvalue weighted by atomic mass is 9.98. The zero-order chi connectivity index (χ0) is 16.7. The van der Waals surface area contributed by atoms with Crippen LogP contribution in [0.1, 0.15) is 0 Å². The summed E-state index contributed by atoms with van der Waals surface area (Å²) >= 11 is 0. The van der Waals surface area contributed by atoms with Gasteiger partial charge in [-0.05, 0) is 54.1 Å². The van der Waals surface area contributed by atoms with E-state index in [0.29, 0.717) is 11.3 Å². The van der Waals surface area contributed by atoms with Crippen LogP contribution >= 0.6 is 0 Å². The summed E-state index contributed by atoms with van der Waals surface area (Å²) in [5.74, 6) is 0.563. The third-order valence-corrected chi connectivity index (χ3v) is 3.94. The first-order valence-corrected chi connectivity index (χ1v) is 7.43. The standard InChI is InChI=1S/C20H13FO3/c21-14-5-1-12(2-6-14)19-17-10-9-16(23)11-18(17)24-20(19)13-3-7-15(22)8-4-13/h1-11,22-23H. The van der Waals surface area contributed by atoms with Gasteiger partial charge in [0.25, 0.3) is 0 Å². The Balaban J connectivity index is 2.02. The number of benzene rings is 3. The van der Waals surface area contributed by atoms with Crippen LogP contribution in [0.3, 0.4) is 0 Å². The van der Waals surface area contributed by atoms with Gasteiger partial charge in [0.1, 0.15) is 28.7 Å². The van der Waals surface area contributed by atoms with Gasteiger partial charge in [0.15, 0.2) is 0 Å². The lowest BCUT2D eigenvalue weighted by molar-refractivity contribution is 0.474. The van der Waals surface area contributed by atoms with Crippen molar-refractivity contribution in [1.82, 2.24) is 0 Å². The molecule has 4 aromatic rings. The number of aromatic hydroxyl groups is 2. The molecule has 2 N–H and O–H groups in total. The monoisotopic (exact) mass is 320 g/mol. The van der Waals surface area contributed by atoms with E-state index in [4.69, 9.17) is 4.42 Å². The van der Waals surface area contributed by atoms with Gasteiger partial charge >= 0.3 is 0 Å². The first-order valence-electron chi connectivity index (χ1n) is 7.43. The highest BCUT2D eigenvalue weighted by Crippen LogP contribution is 2.42. The minimum atomic E-state index is -0.310. The number of hydrogen-bond donors (Lipinski definition) is 2. The fraction of sp³-hybridized carbons (Fsp3) is 0. The molecule has 0 radical (unpaired) electrons. The molecule has 0 fully saturated rings. The third kappa shape index (κ3) is 2.38. The number of rotatable bonds is 2. The molecule has 1 heterocycles. The molecule has 3 nitrogen and oxygen atoms in total. The molecule has 0 bridgehead atoms. The lowest BCUT2D eigenvalue weighted by Crippen LogP contribution is -1.82. The second-order valence-corrected chi connectivity index (χ2v) is 5.54. The molecule has 0 aliphatic carbocycles. The molecular formula is C20H13FO3. The Morgan fingerprint density at radius 1 is 0.708 bits per heavy atom. The van der Waals surface area contributed by atoms with Crippen LogP contribution in [-0.2, 0) is 0 Å². The maximum atomic E-state index is 13.3. The normalized spacial score (nSPS) is 11.0. The van der Waals surface area contributed by atoms with Crippen molar-refractivity contribution in [3.63, 3.8) is 0 Å². The van der Waals surface area contributed by atoms with Crippen LogP contribution in [0.2, 0.25) is 0 Å². The summed E-state index contributed by atoms with van der Waals surface area (Å²) in [5, 5.41) is 20.0. The summed E-state index contributed by atoms with van der Waals surface area (Å²) in [5.41, 5.74) is 2.94. The molecule has 0 saturated heterocycles. The Bertz CT molecular complexity index is 1020. The molecule has 0 spiro atoms. The van der Waals surface area contributed by atoms with Crippen LogP contribution in [0.5, 0.6) is 11.5 Å². The van der Waals surface area contributed by atoms with E-state index in [2.05, 4.69) is 0 Å². The average molecular weight is 320 g/mol. The van der Waals surface area contributed by atoms with Crippen molar-refractivity contribution in [2.75, 3.05) is 0 Å². The smallest absolute Gasteiger partial charge is 0.143 e. The molecule has 3 aromatic carbocycles. The molecule has 118 valence electrons. The SMILES string of the molecule is Oc1ccc(-c2oc3cc(O)ccc3c2-c2ccc(F)cc2)cc1. The summed E-state index contributed by atoms with van der Waals surface area (Å²) in [6.45, 7) is 0. The molecule has 0 amide bonds. The summed E-state index contributed by atoms with van der Waals surface area (Å²) in [6.07, 6.45) is 0. The van der Waals surface area contributed by atoms with Gasteiger partial charge in [-0.1, -0.05) is 12.1 Å². The quantitative estimate of drug-likeness (QED) is 0.526. The highest BCUT2D eigenvalue weighted by molar-refractivity contribution is 6.02. The van der Waals surface area contributed by atoms with Crippen LogP contribution in [0, 0.1) is 5.82 Å². The molecule has 0 aliphatic rings. The maximum Gasteiger partial charge on any atom is 0.143 e. The van der Waals surface area contributed by atoms with Gasteiger partial charge in [-0.2, -0.15) is 0 Å². The second kappa shape index (κ2) is 5.42. The van der Waals surface area contributed by atoms with Gasteiger partial charge in [-0.3, -0.25) is 0 Å². The number of phenolic OH excluding ortho intramolecular Hbond substituents is 2. The van der Waals surface area contributed by atoms with E-state index in [-0.39, 0.29) is 17.3 Å². The fourth-order valence-electron chi connectivity index (χ4n) is 2.80. The topological polar surface area (TPSA) is 53.6 Å². The number of furan rings is 1. The average Bonchev–Trinajstić information content (AvgIpc) is 2.94. The summed E-state index contributed by atoms with van der Waals surface area (Å²) in [4.78, 5) is 0. The lowest BCUT2D eigenvalue weighted by Gasteiger charge is -2.04. The van der Waals surface area contributed by atoms with Crippen LogP contribution in [0.25, 0.3) is 33.4 Å². The number of phenols is 2. The van der Waals surface area contributed by atoms with Crippen LogP contribution in [0.15, 0.2) is 71.1 Å². The van der Waals surface area contributed by atoms with Gasteiger partial charge in [-0.25, -0.2) is 4.39 Å². The third-order valence-electron chi connectivity index (χ3n) is 3.94. The molecule has 4 heteroatoms. The largest absolute Gasteiger partial charge is 0.508 e. The van der Waals surface area contributed by atoms with Crippen molar-refractivity contribution >= 4 is 11.0 Å². The Labute approximate surface area is 137 Å². The molecular weight excluding hydrogens is 307 g/mol. The van der Waals surface area contributed by atoms with E-state index in [1.807, 2.05) is 0 Å². The number of hydrogen-bond acceptors (Lipinski definition) is 3. The minimum absolute atomic E-state index is 0.110. The Kier molecular flexibility index (Phi) is 3.24. The predicted molar refractivity (Wildman–Crippen MR) is 90.4 cm³/mol. The van der Waals surface area contributed by atoms with Gasteiger partial charge in [-0.15, -0.1) is 0 Å². The summed E-state index contributed by atoms with van der Waals surface area (Å²) in [7, 11) is 0. The Morgan fingerprint density at radius 2 is 1.33 bits per heavy atom. The second-order valence-electron chi connectivity index (χ2n) is 5.54. The summed E-state index contributed by atoms with van der Waals surface area (Å²) < 4.78 is 19.2. The van der Waals surface area contributed by atoms with Crippen molar-refractivity contribution in [2.45, 2.75) is 0 Å². The van der Waals surface area contributed by atoms with E-state index in [9.17, 15) is 14.6 Å². The molecule has 1 aromatic heterocycles. The molecule has 0 atom stereocenters. The first kappa shape index (κ1) is 14.3. The predicted octanol–water partition coefficient (Wildman–Crippen LogP) is 5.32. The van der Waals surface area contributed by atoms with Crippen molar-refractivity contribution in [3.05, 3.63) is 72.5 Å². The van der Waals surface area contributed by atoms with E-state index in [1.54, 1.807) is 54.6 Å². The maximum absolute atomic E-state index is 13.3. The molecule has 4 rings (SSSR count). The molecule has 0 saturated carbocycles. The van der Waals surface area contributed by atoms with Crippen molar-refractivity contribution in [1.29, 1.82) is 0 Å². The highest BCUT2D eigenvalue weighted by Gasteiger charge is 2.18. The zero-order valence-electron chi connectivity index (χ0n) is 12.5. The number of halogens is 1. The summed E-state index contributed by atoms with van der Waals surface area (Å²) in [6, 6.07) is 17.7. The number of fused-ring (bicyclic) bond motifs is 1. The molecule has 0 unspecified atom stereocenters.